The second-order valence-corrected chi connectivity index (χ2v) is 6.15. The number of fused-ring (bicyclic) bond motifs is 2. The van der Waals surface area contributed by atoms with E-state index >= 15 is 0 Å². The fourth-order valence-corrected chi connectivity index (χ4v) is 4.01. The summed E-state index contributed by atoms with van der Waals surface area (Å²) >= 11 is 5.97. The topological polar surface area (TPSA) is 3.24 Å². The first-order chi connectivity index (χ1) is 8.16. The number of benzene rings is 1. The van der Waals surface area contributed by atoms with Crippen molar-refractivity contribution in [2.75, 3.05) is 7.05 Å². The zero-order chi connectivity index (χ0) is 12.0. The number of piperidine rings is 1. The van der Waals surface area contributed by atoms with E-state index in [-0.39, 0.29) is 0 Å². The Bertz CT molecular complexity index is 400. The maximum atomic E-state index is 5.97. The van der Waals surface area contributed by atoms with E-state index in [0.29, 0.717) is 0 Å². The summed E-state index contributed by atoms with van der Waals surface area (Å²) in [6.07, 6.45) is 4.08. The monoisotopic (exact) mass is 249 g/mol. The van der Waals surface area contributed by atoms with Crippen LogP contribution in [-0.2, 0) is 0 Å². The van der Waals surface area contributed by atoms with Gasteiger partial charge >= 0.3 is 0 Å². The molecule has 2 heterocycles. The van der Waals surface area contributed by atoms with Gasteiger partial charge in [-0.25, -0.2) is 0 Å². The Morgan fingerprint density at radius 1 is 1.18 bits per heavy atom. The van der Waals surface area contributed by atoms with Crippen molar-refractivity contribution in [2.45, 2.75) is 44.2 Å². The van der Waals surface area contributed by atoms with Crippen LogP contribution in [0.25, 0.3) is 0 Å². The van der Waals surface area contributed by atoms with Crippen LogP contribution in [0.3, 0.4) is 0 Å². The number of rotatable bonds is 1. The molecule has 0 saturated carbocycles. The molecule has 0 aromatic heterocycles. The fourth-order valence-electron chi connectivity index (χ4n) is 3.88. The average Bonchev–Trinajstić information content (AvgIpc) is 2.58. The lowest BCUT2D eigenvalue weighted by Gasteiger charge is -2.41. The third-order valence-corrected chi connectivity index (χ3v) is 5.21. The summed E-state index contributed by atoms with van der Waals surface area (Å²) in [5.74, 6) is 1.49. The number of hydrogen-bond acceptors (Lipinski definition) is 1. The molecule has 1 aromatic rings. The van der Waals surface area contributed by atoms with E-state index in [9.17, 15) is 0 Å². The van der Waals surface area contributed by atoms with E-state index in [2.05, 4.69) is 31.0 Å². The second-order valence-electron chi connectivity index (χ2n) is 5.72. The Kier molecular flexibility index (Phi) is 2.92. The summed E-state index contributed by atoms with van der Waals surface area (Å²) in [5, 5.41) is 0.845. The van der Waals surface area contributed by atoms with E-state index in [1.807, 2.05) is 12.1 Å². The first-order valence-electron chi connectivity index (χ1n) is 6.64. The molecule has 1 nitrogen and oxygen atoms in total. The summed E-state index contributed by atoms with van der Waals surface area (Å²) in [6, 6.07) is 10.1. The average molecular weight is 250 g/mol. The normalized spacial score (nSPS) is 37.4. The molecular formula is C15H20ClN. The molecule has 0 amide bonds. The van der Waals surface area contributed by atoms with Crippen LogP contribution in [0.4, 0.5) is 0 Å². The van der Waals surface area contributed by atoms with Crippen LogP contribution < -0.4 is 0 Å². The van der Waals surface area contributed by atoms with E-state index in [0.717, 1.165) is 28.9 Å². The molecule has 0 radical (unpaired) electrons. The first kappa shape index (κ1) is 11.6. The van der Waals surface area contributed by atoms with Crippen LogP contribution in [-0.4, -0.2) is 24.0 Å². The van der Waals surface area contributed by atoms with Crippen molar-refractivity contribution < 1.29 is 0 Å². The van der Waals surface area contributed by atoms with Gasteiger partial charge in [-0.1, -0.05) is 30.7 Å². The van der Waals surface area contributed by atoms with E-state index in [1.165, 1.54) is 24.8 Å². The fraction of sp³-hybridized carbons (Fsp3) is 0.600. The van der Waals surface area contributed by atoms with Gasteiger partial charge in [-0.3, -0.25) is 0 Å². The molecular weight excluding hydrogens is 230 g/mol. The van der Waals surface area contributed by atoms with Gasteiger partial charge in [-0.05, 0) is 55.8 Å². The molecule has 2 aliphatic heterocycles. The van der Waals surface area contributed by atoms with Gasteiger partial charge in [0.25, 0.3) is 0 Å². The Hall–Kier alpha value is -0.530. The number of hydrogen-bond donors (Lipinski definition) is 0. The highest BCUT2D eigenvalue weighted by molar-refractivity contribution is 6.30. The lowest BCUT2D eigenvalue weighted by Crippen LogP contribution is -2.44. The Labute approximate surface area is 109 Å². The van der Waals surface area contributed by atoms with Crippen LogP contribution >= 0.6 is 11.6 Å². The van der Waals surface area contributed by atoms with Crippen molar-refractivity contribution >= 4 is 11.6 Å². The van der Waals surface area contributed by atoms with Crippen molar-refractivity contribution in [3.05, 3.63) is 34.9 Å². The van der Waals surface area contributed by atoms with Crippen LogP contribution in [0.1, 0.15) is 37.7 Å². The van der Waals surface area contributed by atoms with Gasteiger partial charge in [0.05, 0.1) is 0 Å². The quantitative estimate of drug-likeness (QED) is 0.729. The third-order valence-electron chi connectivity index (χ3n) is 4.96. The predicted octanol–water partition coefficient (Wildman–Crippen LogP) is 3.93. The maximum absolute atomic E-state index is 5.97. The van der Waals surface area contributed by atoms with Crippen molar-refractivity contribution in [3.8, 4) is 0 Å². The maximum Gasteiger partial charge on any atom is 0.0406 e. The highest BCUT2D eigenvalue weighted by atomic mass is 35.5. The second kappa shape index (κ2) is 4.29. The summed E-state index contributed by atoms with van der Waals surface area (Å²) in [4.78, 5) is 2.61. The smallest absolute Gasteiger partial charge is 0.0406 e. The largest absolute Gasteiger partial charge is 0.300 e. The first-order valence-corrected chi connectivity index (χ1v) is 7.02. The lowest BCUT2D eigenvalue weighted by atomic mass is 9.77. The minimum Gasteiger partial charge on any atom is -0.300 e. The minimum atomic E-state index is 0.723. The van der Waals surface area contributed by atoms with Crippen LogP contribution in [0.2, 0.25) is 5.02 Å². The molecule has 2 aliphatic rings. The molecule has 0 N–H and O–H groups in total. The molecule has 2 fully saturated rings. The molecule has 92 valence electrons. The summed E-state index contributed by atoms with van der Waals surface area (Å²) in [7, 11) is 2.30. The van der Waals surface area contributed by atoms with Crippen molar-refractivity contribution in [3.63, 3.8) is 0 Å². The molecule has 0 spiro atoms. The van der Waals surface area contributed by atoms with Gasteiger partial charge in [0.2, 0.25) is 0 Å². The van der Waals surface area contributed by atoms with Gasteiger partial charge in [-0.15, -0.1) is 0 Å². The molecule has 2 bridgehead atoms. The van der Waals surface area contributed by atoms with Gasteiger partial charge < -0.3 is 4.90 Å². The van der Waals surface area contributed by atoms with Gasteiger partial charge in [0.1, 0.15) is 0 Å². The van der Waals surface area contributed by atoms with Crippen LogP contribution in [0.15, 0.2) is 24.3 Å². The van der Waals surface area contributed by atoms with E-state index in [4.69, 9.17) is 11.6 Å². The Morgan fingerprint density at radius 2 is 1.88 bits per heavy atom. The predicted molar refractivity (Wildman–Crippen MR) is 72.5 cm³/mol. The standard InChI is InChI=1S/C15H20ClN/c1-10-14(11-3-5-12(16)6-4-11)9-13-7-8-15(10)17(13)2/h3-6,10,13-15H,7-9H2,1-2H3/t10-,13-,14+,15?/m1/s1. The molecule has 2 saturated heterocycles. The zero-order valence-corrected chi connectivity index (χ0v) is 11.3. The molecule has 17 heavy (non-hydrogen) atoms. The highest BCUT2D eigenvalue weighted by Gasteiger charge is 2.43. The third kappa shape index (κ3) is 1.90. The minimum absolute atomic E-state index is 0.723. The number of halogens is 1. The Balaban J connectivity index is 1.87. The molecule has 0 aliphatic carbocycles. The molecule has 2 heteroatoms. The molecule has 1 unspecified atom stereocenters. The van der Waals surface area contributed by atoms with Crippen molar-refractivity contribution in [2.24, 2.45) is 5.92 Å². The van der Waals surface area contributed by atoms with Crippen LogP contribution in [0.5, 0.6) is 0 Å². The van der Waals surface area contributed by atoms with Gasteiger partial charge in [0, 0.05) is 17.1 Å². The molecule has 3 rings (SSSR count). The van der Waals surface area contributed by atoms with E-state index < -0.39 is 0 Å². The SMILES string of the molecule is C[C@H]1C2CC[C@H](C[C@@H]1c1ccc(Cl)cc1)N2C. The summed E-state index contributed by atoms with van der Waals surface area (Å²) < 4.78 is 0. The molecule has 4 atom stereocenters. The highest BCUT2D eigenvalue weighted by Crippen LogP contribution is 2.45. The lowest BCUT2D eigenvalue weighted by molar-refractivity contribution is 0.110. The molecule has 1 aromatic carbocycles. The zero-order valence-electron chi connectivity index (χ0n) is 10.6. The van der Waals surface area contributed by atoms with Gasteiger partial charge in [0.15, 0.2) is 0 Å². The summed E-state index contributed by atoms with van der Waals surface area (Å²) in [6.45, 7) is 2.42. The van der Waals surface area contributed by atoms with Crippen molar-refractivity contribution in [1.82, 2.24) is 4.90 Å². The van der Waals surface area contributed by atoms with Gasteiger partial charge in [-0.2, -0.15) is 0 Å². The van der Waals surface area contributed by atoms with Crippen LogP contribution in [0, 0.1) is 5.92 Å². The number of nitrogens with zero attached hydrogens (tertiary/aromatic N) is 1. The van der Waals surface area contributed by atoms with E-state index in [1.54, 1.807) is 0 Å². The summed E-state index contributed by atoms with van der Waals surface area (Å²) in [5.41, 5.74) is 1.48. The van der Waals surface area contributed by atoms with Crippen molar-refractivity contribution in [1.29, 1.82) is 0 Å². The Morgan fingerprint density at radius 3 is 2.59 bits per heavy atom.